The molecule has 0 heterocycles. The molecule has 0 unspecified atom stereocenters. The number of nitrogens with zero attached hydrogens (tertiary/aromatic N) is 1. The Balaban J connectivity index is 1.54. The van der Waals surface area contributed by atoms with E-state index in [2.05, 4.69) is 113 Å². The Labute approximate surface area is 279 Å². The monoisotopic (exact) mass is 629 g/mol. The number of anilines is 3. The minimum atomic E-state index is -0.352. The summed E-state index contributed by atoms with van der Waals surface area (Å²) in [4.78, 5) is 2.27. The first-order valence-electron chi connectivity index (χ1n) is 16.2. The van der Waals surface area contributed by atoms with Crippen molar-refractivity contribution >= 4 is 17.1 Å². The number of rotatable bonds is 11. The van der Waals surface area contributed by atoms with Crippen molar-refractivity contribution < 1.29 is 20.4 Å². The largest absolute Gasteiger partial charge is 0.392 e. The van der Waals surface area contributed by atoms with Crippen molar-refractivity contribution in [3.05, 3.63) is 159 Å². The molecule has 0 atom stereocenters. The predicted octanol–water partition coefficient (Wildman–Crippen LogP) is 8.39. The van der Waals surface area contributed by atoms with Crippen LogP contribution < -0.4 is 4.90 Å². The van der Waals surface area contributed by atoms with Crippen molar-refractivity contribution in [2.24, 2.45) is 0 Å². The third-order valence-electron chi connectivity index (χ3n) is 9.72. The number of hydrogen-bond donors (Lipinski definition) is 4. The van der Waals surface area contributed by atoms with E-state index >= 15 is 0 Å². The lowest BCUT2D eigenvalue weighted by Crippen LogP contribution is -2.20. The Morgan fingerprint density at radius 3 is 1.06 bits per heavy atom. The predicted molar refractivity (Wildman–Crippen MR) is 191 cm³/mol. The van der Waals surface area contributed by atoms with Crippen molar-refractivity contribution in [3.63, 3.8) is 0 Å². The van der Waals surface area contributed by atoms with E-state index in [9.17, 15) is 20.4 Å². The first-order valence-corrected chi connectivity index (χ1v) is 16.2. The number of hydrogen-bond acceptors (Lipinski definition) is 5. The SMILES string of the molecule is Cc1ccc(N(c2ccc(C(C)(C)c3cc(CO)cc(CO)c3)cc2)c2ccc(C(C)(C)c3cc(CO)cc(CO)c3)cc2)cc1C. The van der Waals surface area contributed by atoms with E-state index in [4.69, 9.17) is 0 Å². The smallest absolute Gasteiger partial charge is 0.0682 e. The summed E-state index contributed by atoms with van der Waals surface area (Å²) >= 11 is 0. The fourth-order valence-electron chi connectivity index (χ4n) is 6.31. The van der Waals surface area contributed by atoms with E-state index in [1.165, 1.54) is 11.1 Å². The summed E-state index contributed by atoms with van der Waals surface area (Å²) < 4.78 is 0. The maximum Gasteiger partial charge on any atom is 0.0682 e. The molecule has 5 heteroatoms. The standard InChI is InChI=1S/C42H47NO4/c1-28-7-12-40(17-29(28)2)43(38-13-8-34(9-14-38)41(3,4)36-20-30(24-44)18-31(21-36)25-45)39-15-10-35(11-16-39)42(5,6)37-22-32(26-46)19-33(23-37)27-47/h7-23,44-47H,24-27H2,1-6H3. The third kappa shape index (κ3) is 7.04. The molecule has 0 fully saturated rings. The molecule has 0 aliphatic heterocycles. The molecule has 0 saturated carbocycles. The minimum Gasteiger partial charge on any atom is -0.392 e. The molecular weight excluding hydrogens is 582 g/mol. The Kier molecular flexibility index (Phi) is 10.0. The maximum absolute atomic E-state index is 9.83. The van der Waals surface area contributed by atoms with Gasteiger partial charge in [0.1, 0.15) is 0 Å². The molecule has 4 N–H and O–H groups in total. The second-order valence-electron chi connectivity index (χ2n) is 13.7. The van der Waals surface area contributed by atoms with Crippen LogP contribution in [0.3, 0.4) is 0 Å². The van der Waals surface area contributed by atoms with E-state index in [0.717, 1.165) is 61.6 Å². The molecule has 5 aromatic carbocycles. The fraction of sp³-hybridized carbons (Fsp3) is 0.286. The molecule has 5 nitrogen and oxygen atoms in total. The lowest BCUT2D eigenvalue weighted by Gasteiger charge is -2.31. The molecule has 47 heavy (non-hydrogen) atoms. The summed E-state index contributed by atoms with van der Waals surface area (Å²) in [6.07, 6.45) is 0. The first kappa shape index (κ1) is 34.1. The average Bonchev–Trinajstić information content (AvgIpc) is 3.09. The summed E-state index contributed by atoms with van der Waals surface area (Å²) in [6.45, 7) is 12.6. The Morgan fingerprint density at radius 2 is 0.745 bits per heavy atom. The van der Waals surface area contributed by atoms with Crippen LogP contribution in [0.15, 0.2) is 103 Å². The van der Waals surface area contributed by atoms with Gasteiger partial charge in [-0.25, -0.2) is 0 Å². The van der Waals surface area contributed by atoms with Crippen LogP contribution in [0, 0.1) is 13.8 Å². The minimum absolute atomic E-state index is 0.0739. The molecule has 5 aromatic rings. The van der Waals surface area contributed by atoms with Gasteiger partial charge in [0.25, 0.3) is 0 Å². The van der Waals surface area contributed by atoms with Gasteiger partial charge < -0.3 is 25.3 Å². The van der Waals surface area contributed by atoms with Crippen LogP contribution in [-0.2, 0) is 37.3 Å². The van der Waals surface area contributed by atoms with Gasteiger partial charge in [0.05, 0.1) is 26.4 Å². The number of aliphatic hydroxyl groups excluding tert-OH is 4. The van der Waals surface area contributed by atoms with Crippen molar-refractivity contribution in [1.82, 2.24) is 0 Å². The van der Waals surface area contributed by atoms with Crippen LogP contribution in [0.25, 0.3) is 0 Å². The molecule has 0 amide bonds. The molecule has 0 aliphatic carbocycles. The van der Waals surface area contributed by atoms with Crippen molar-refractivity contribution in [1.29, 1.82) is 0 Å². The molecule has 0 saturated heterocycles. The Morgan fingerprint density at radius 1 is 0.404 bits per heavy atom. The molecular formula is C42H47NO4. The number of aliphatic hydroxyl groups is 4. The average molecular weight is 630 g/mol. The van der Waals surface area contributed by atoms with Crippen LogP contribution in [0.5, 0.6) is 0 Å². The van der Waals surface area contributed by atoms with Gasteiger partial charge in [-0.2, -0.15) is 0 Å². The molecule has 0 spiro atoms. The highest BCUT2D eigenvalue weighted by molar-refractivity contribution is 5.77. The van der Waals surface area contributed by atoms with Gasteiger partial charge in [-0.15, -0.1) is 0 Å². The van der Waals surface area contributed by atoms with E-state index in [-0.39, 0.29) is 37.3 Å². The molecule has 5 rings (SSSR count). The summed E-state index contributed by atoms with van der Waals surface area (Å²) in [6, 6.07) is 35.6. The molecule has 0 bridgehead atoms. The Hall–Kier alpha value is -4.26. The molecule has 0 radical (unpaired) electrons. The summed E-state index contributed by atoms with van der Waals surface area (Å²) in [5, 5.41) is 39.3. The fourth-order valence-corrected chi connectivity index (χ4v) is 6.31. The molecule has 244 valence electrons. The molecule has 0 aromatic heterocycles. The maximum atomic E-state index is 9.83. The van der Waals surface area contributed by atoms with E-state index in [0.29, 0.717) is 0 Å². The molecule has 0 aliphatic rings. The van der Waals surface area contributed by atoms with Gasteiger partial charge in [0.2, 0.25) is 0 Å². The lowest BCUT2D eigenvalue weighted by atomic mass is 9.77. The van der Waals surface area contributed by atoms with Crippen molar-refractivity contribution in [3.8, 4) is 0 Å². The van der Waals surface area contributed by atoms with Gasteiger partial charge in [0, 0.05) is 27.9 Å². The first-order chi connectivity index (χ1) is 22.4. The van der Waals surface area contributed by atoms with Crippen LogP contribution in [-0.4, -0.2) is 20.4 Å². The van der Waals surface area contributed by atoms with E-state index < -0.39 is 0 Å². The van der Waals surface area contributed by atoms with Gasteiger partial charge in [-0.05, 0) is 106 Å². The third-order valence-corrected chi connectivity index (χ3v) is 9.72. The van der Waals surface area contributed by atoms with Crippen LogP contribution >= 0.6 is 0 Å². The van der Waals surface area contributed by atoms with Crippen molar-refractivity contribution in [2.45, 2.75) is 78.8 Å². The summed E-state index contributed by atoms with van der Waals surface area (Å²) in [5.74, 6) is 0. The van der Waals surface area contributed by atoms with Crippen LogP contribution in [0.1, 0.15) is 83.3 Å². The normalized spacial score (nSPS) is 12.0. The second-order valence-corrected chi connectivity index (χ2v) is 13.7. The number of aryl methyl sites for hydroxylation is 2. The lowest BCUT2D eigenvalue weighted by molar-refractivity contribution is 0.274. The zero-order valence-corrected chi connectivity index (χ0v) is 28.4. The highest BCUT2D eigenvalue weighted by Gasteiger charge is 2.26. The summed E-state index contributed by atoms with van der Waals surface area (Å²) in [5.41, 5.74) is 12.4. The highest BCUT2D eigenvalue weighted by Crippen LogP contribution is 2.40. The van der Waals surface area contributed by atoms with Crippen molar-refractivity contribution in [2.75, 3.05) is 4.90 Å². The topological polar surface area (TPSA) is 84.2 Å². The Bertz CT molecular complexity index is 1680. The van der Waals surface area contributed by atoms with Gasteiger partial charge in [-0.1, -0.05) is 94.4 Å². The summed E-state index contributed by atoms with van der Waals surface area (Å²) in [7, 11) is 0. The zero-order chi connectivity index (χ0) is 33.9. The van der Waals surface area contributed by atoms with E-state index in [1.807, 2.05) is 36.4 Å². The van der Waals surface area contributed by atoms with E-state index in [1.54, 1.807) is 0 Å². The number of benzene rings is 5. The second kappa shape index (κ2) is 13.8. The van der Waals surface area contributed by atoms with Crippen LogP contribution in [0.4, 0.5) is 17.1 Å². The van der Waals surface area contributed by atoms with Crippen LogP contribution in [0.2, 0.25) is 0 Å². The quantitative estimate of drug-likeness (QED) is 0.118. The van der Waals surface area contributed by atoms with Gasteiger partial charge in [0.15, 0.2) is 0 Å². The highest BCUT2D eigenvalue weighted by atomic mass is 16.3. The van der Waals surface area contributed by atoms with Gasteiger partial charge >= 0.3 is 0 Å². The van der Waals surface area contributed by atoms with Gasteiger partial charge in [-0.3, -0.25) is 0 Å². The zero-order valence-electron chi connectivity index (χ0n) is 28.4.